The average molecular weight is 255 g/mol. The highest BCUT2D eigenvalue weighted by Gasteiger charge is 2.13. The lowest BCUT2D eigenvalue weighted by atomic mass is 10.1. The van der Waals surface area contributed by atoms with Crippen molar-refractivity contribution in [3.05, 3.63) is 41.1 Å². The van der Waals surface area contributed by atoms with Gasteiger partial charge < -0.3 is 10.1 Å². The van der Waals surface area contributed by atoms with Crippen LogP contribution in [-0.4, -0.2) is 26.3 Å². The summed E-state index contributed by atoms with van der Waals surface area (Å²) in [6, 6.07) is 6.95. The van der Waals surface area contributed by atoms with Gasteiger partial charge in [-0.2, -0.15) is 5.10 Å². The Hall–Kier alpha value is -2.56. The average Bonchev–Trinajstić information content (AvgIpc) is 2.93. The zero-order chi connectivity index (χ0) is 13.6. The van der Waals surface area contributed by atoms with Gasteiger partial charge in [-0.05, 0) is 43.7 Å². The first-order chi connectivity index (χ1) is 9.06. The summed E-state index contributed by atoms with van der Waals surface area (Å²) < 4.78 is 0. The van der Waals surface area contributed by atoms with E-state index in [4.69, 9.17) is 5.11 Å². The molecule has 0 bridgehead atoms. The monoisotopic (exact) mass is 255 g/mol. The number of hydrogen-bond acceptors (Lipinski definition) is 2. The molecule has 0 fully saturated rings. The van der Waals surface area contributed by atoms with E-state index in [-0.39, 0.29) is 5.56 Å². The van der Waals surface area contributed by atoms with Crippen molar-refractivity contribution in [3.8, 4) is 11.4 Å². The van der Waals surface area contributed by atoms with Gasteiger partial charge in [0, 0.05) is 11.1 Å². The number of nitrogens with zero attached hydrogens (tertiary/aromatic N) is 1. The van der Waals surface area contributed by atoms with Crippen LogP contribution in [0.3, 0.4) is 0 Å². The molecule has 2 heterocycles. The number of hydrogen-bond donors (Lipinski definition) is 3. The van der Waals surface area contributed by atoms with Crippen LogP contribution in [0.15, 0.2) is 24.3 Å². The molecule has 0 aliphatic carbocycles. The molecule has 0 radical (unpaired) electrons. The van der Waals surface area contributed by atoms with E-state index in [0.29, 0.717) is 0 Å². The first kappa shape index (κ1) is 11.5. The fraction of sp³-hybridized carbons (Fsp3) is 0.143. The summed E-state index contributed by atoms with van der Waals surface area (Å²) in [6.45, 7) is 4.02. The molecule has 5 nitrogen and oxygen atoms in total. The minimum Gasteiger partial charge on any atom is -0.478 e. The van der Waals surface area contributed by atoms with Crippen molar-refractivity contribution < 1.29 is 9.90 Å². The molecule has 3 rings (SSSR count). The van der Waals surface area contributed by atoms with Gasteiger partial charge in [-0.3, -0.25) is 5.10 Å². The molecule has 1 aromatic carbocycles. The molecule has 0 saturated heterocycles. The quantitative estimate of drug-likeness (QED) is 0.658. The van der Waals surface area contributed by atoms with Crippen LogP contribution in [0.4, 0.5) is 0 Å². The van der Waals surface area contributed by atoms with E-state index in [2.05, 4.69) is 15.2 Å². The van der Waals surface area contributed by atoms with E-state index < -0.39 is 5.97 Å². The lowest BCUT2D eigenvalue weighted by Gasteiger charge is -1.96. The highest BCUT2D eigenvalue weighted by Crippen LogP contribution is 2.27. The van der Waals surface area contributed by atoms with Gasteiger partial charge in [0.15, 0.2) is 0 Å². The molecule has 0 aliphatic rings. The Bertz CT molecular complexity index is 764. The van der Waals surface area contributed by atoms with Crippen molar-refractivity contribution in [1.29, 1.82) is 0 Å². The number of carboxylic acid groups (broad SMARTS) is 1. The van der Waals surface area contributed by atoms with E-state index in [1.807, 2.05) is 19.9 Å². The summed E-state index contributed by atoms with van der Waals surface area (Å²) in [5, 5.41) is 17.0. The number of H-pyrrole nitrogens is 2. The highest BCUT2D eigenvalue weighted by molar-refractivity contribution is 5.98. The van der Waals surface area contributed by atoms with Crippen LogP contribution in [0.25, 0.3) is 22.3 Å². The van der Waals surface area contributed by atoms with Gasteiger partial charge in [-0.15, -0.1) is 0 Å². The summed E-state index contributed by atoms with van der Waals surface area (Å²) in [5.74, 6) is -0.937. The molecule has 0 spiro atoms. The van der Waals surface area contributed by atoms with Gasteiger partial charge >= 0.3 is 5.97 Å². The van der Waals surface area contributed by atoms with Gasteiger partial charge in [0.25, 0.3) is 0 Å². The lowest BCUT2D eigenvalue weighted by molar-refractivity contribution is 0.0697. The maximum absolute atomic E-state index is 11.0. The number of aromatic carboxylic acids is 1. The summed E-state index contributed by atoms with van der Waals surface area (Å²) in [7, 11) is 0. The molecule has 96 valence electrons. The Kier molecular flexibility index (Phi) is 2.41. The minimum absolute atomic E-state index is 0.259. The topological polar surface area (TPSA) is 81.8 Å². The Morgan fingerprint density at radius 2 is 2.05 bits per heavy atom. The number of nitrogens with one attached hydrogen (secondary N) is 2. The van der Waals surface area contributed by atoms with Crippen molar-refractivity contribution in [2.45, 2.75) is 13.8 Å². The smallest absolute Gasteiger partial charge is 0.335 e. The molecule has 0 atom stereocenters. The summed E-state index contributed by atoms with van der Waals surface area (Å²) in [6.07, 6.45) is 0. The Balaban J connectivity index is 2.23. The van der Waals surface area contributed by atoms with Crippen molar-refractivity contribution >= 4 is 16.9 Å². The number of carboxylic acids is 1. The SMILES string of the molecule is Cc1cc(-c2n[nH]c3ccc(C(=O)O)cc23)[nH]c1C. The fourth-order valence-electron chi connectivity index (χ4n) is 2.14. The number of carbonyl (C=O) groups is 1. The molecule has 3 N–H and O–H groups in total. The maximum Gasteiger partial charge on any atom is 0.335 e. The largest absolute Gasteiger partial charge is 0.478 e. The molecule has 19 heavy (non-hydrogen) atoms. The molecular weight excluding hydrogens is 242 g/mol. The van der Waals surface area contributed by atoms with E-state index in [1.165, 1.54) is 0 Å². The predicted molar refractivity (Wildman–Crippen MR) is 72.3 cm³/mol. The summed E-state index contributed by atoms with van der Waals surface area (Å²) in [5.41, 5.74) is 4.96. The number of aryl methyl sites for hydroxylation is 2. The number of rotatable bonds is 2. The Morgan fingerprint density at radius 1 is 1.26 bits per heavy atom. The Morgan fingerprint density at radius 3 is 2.68 bits per heavy atom. The van der Waals surface area contributed by atoms with E-state index >= 15 is 0 Å². The van der Waals surface area contributed by atoms with Crippen LogP contribution >= 0.6 is 0 Å². The second-order valence-electron chi connectivity index (χ2n) is 4.63. The molecular formula is C14H13N3O2. The number of aromatic nitrogens is 3. The molecule has 0 saturated carbocycles. The van der Waals surface area contributed by atoms with E-state index in [1.54, 1.807) is 18.2 Å². The fourth-order valence-corrected chi connectivity index (χ4v) is 2.14. The summed E-state index contributed by atoms with van der Waals surface area (Å²) in [4.78, 5) is 14.3. The van der Waals surface area contributed by atoms with Gasteiger partial charge in [-0.25, -0.2) is 4.79 Å². The van der Waals surface area contributed by atoms with Gasteiger partial charge in [-0.1, -0.05) is 0 Å². The van der Waals surface area contributed by atoms with Crippen molar-refractivity contribution in [1.82, 2.24) is 15.2 Å². The van der Waals surface area contributed by atoms with Crippen molar-refractivity contribution in [2.75, 3.05) is 0 Å². The second-order valence-corrected chi connectivity index (χ2v) is 4.63. The molecule has 0 aliphatic heterocycles. The maximum atomic E-state index is 11.0. The Labute approximate surface area is 109 Å². The lowest BCUT2D eigenvalue weighted by Crippen LogP contribution is -1.94. The zero-order valence-electron chi connectivity index (χ0n) is 10.6. The molecule has 2 aromatic heterocycles. The second kappa shape index (κ2) is 3.98. The van der Waals surface area contributed by atoms with Crippen LogP contribution in [0.5, 0.6) is 0 Å². The first-order valence-corrected chi connectivity index (χ1v) is 5.94. The normalized spacial score (nSPS) is 11.1. The number of fused-ring (bicyclic) bond motifs is 1. The van der Waals surface area contributed by atoms with Crippen molar-refractivity contribution in [2.24, 2.45) is 0 Å². The number of aromatic amines is 2. The van der Waals surface area contributed by atoms with E-state index in [0.717, 1.165) is 33.5 Å². The molecule has 0 unspecified atom stereocenters. The molecule has 3 aromatic rings. The third-order valence-corrected chi connectivity index (χ3v) is 3.34. The number of benzene rings is 1. The van der Waals surface area contributed by atoms with Gasteiger partial charge in [0.1, 0.15) is 5.69 Å². The zero-order valence-corrected chi connectivity index (χ0v) is 10.6. The predicted octanol–water partition coefficient (Wildman–Crippen LogP) is 2.87. The van der Waals surface area contributed by atoms with Gasteiger partial charge in [0.2, 0.25) is 0 Å². The highest BCUT2D eigenvalue weighted by atomic mass is 16.4. The third-order valence-electron chi connectivity index (χ3n) is 3.34. The minimum atomic E-state index is -0.937. The van der Waals surface area contributed by atoms with Crippen LogP contribution in [0.1, 0.15) is 21.6 Å². The molecule has 0 amide bonds. The van der Waals surface area contributed by atoms with E-state index in [9.17, 15) is 4.79 Å². The van der Waals surface area contributed by atoms with Crippen molar-refractivity contribution in [3.63, 3.8) is 0 Å². The van der Waals surface area contributed by atoms with Gasteiger partial charge in [0.05, 0.1) is 16.8 Å². The van der Waals surface area contributed by atoms with Crippen LogP contribution in [-0.2, 0) is 0 Å². The summed E-state index contributed by atoms with van der Waals surface area (Å²) >= 11 is 0. The molecule has 5 heteroatoms. The van der Waals surface area contributed by atoms with Crippen LogP contribution < -0.4 is 0 Å². The van der Waals surface area contributed by atoms with Crippen LogP contribution in [0.2, 0.25) is 0 Å². The standard InChI is InChI=1S/C14H13N3O2/c1-7-5-12(15-8(7)2)13-10-6-9(14(18)19)3-4-11(10)16-17-13/h3-6,15H,1-2H3,(H,16,17)(H,18,19). The first-order valence-electron chi connectivity index (χ1n) is 5.94. The third kappa shape index (κ3) is 1.79. The van der Waals surface area contributed by atoms with Crippen LogP contribution in [0, 0.1) is 13.8 Å².